The van der Waals surface area contributed by atoms with Crippen molar-refractivity contribution in [1.82, 2.24) is 14.8 Å². The molecular weight excluding hydrogens is 496 g/mol. The van der Waals surface area contributed by atoms with Gasteiger partial charge in [0.15, 0.2) is 5.82 Å². The molecule has 0 radical (unpaired) electrons. The molecule has 3 atom stereocenters. The number of anilines is 2. The quantitative estimate of drug-likeness (QED) is 0.268. The van der Waals surface area contributed by atoms with E-state index in [0.29, 0.717) is 5.25 Å². The Kier molecular flexibility index (Phi) is 5.71. The summed E-state index contributed by atoms with van der Waals surface area (Å²) in [7, 11) is 0. The molecule has 5 heteroatoms. The van der Waals surface area contributed by atoms with E-state index in [1.54, 1.807) is 0 Å². The van der Waals surface area contributed by atoms with Crippen LogP contribution in [0.15, 0.2) is 132 Å². The minimum absolute atomic E-state index is 0.162. The average molecular weight is 527 g/mol. The van der Waals surface area contributed by atoms with Gasteiger partial charge in [0.1, 0.15) is 5.82 Å². The first-order valence-electron chi connectivity index (χ1n) is 13.4. The normalized spacial score (nSPS) is 25.0. The zero-order valence-corrected chi connectivity index (χ0v) is 22.9. The SMILES string of the molecule is CC1(c2nc(-c3ccc(N4c5ccccc5SC5C=CC=CC54C)cc3)nn2-c2ccccc2)C=CC=CC1. The molecule has 3 aliphatic rings. The van der Waals surface area contributed by atoms with Gasteiger partial charge in [0.25, 0.3) is 0 Å². The summed E-state index contributed by atoms with van der Waals surface area (Å²) in [4.78, 5) is 8.93. The minimum atomic E-state index is -0.227. The van der Waals surface area contributed by atoms with Gasteiger partial charge in [0, 0.05) is 21.6 Å². The number of hydrogen-bond acceptors (Lipinski definition) is 4. The number of rotatable bonds is 4. The lowest BCUT2D eigenvalue weighted by molar-refractivity contribution is 0.536. The van der Waals surface area contributed by atoms with Crippen molar-refractivity contribution in [3.05, 3.63) is 133 Å². The van der Waals surface area contributed by atoms with Crippen molar-refractivity contribution in [2.45, 2.75) is 41.4 Å². The monoisotopic (exact) mass is 526 g/mol. The standard InChI is InChI=1S/C34H30N4S/c1-33(22-10-4-11-23-33)32-35-31(36-38(32)27-13-5-3-6-14-27)25-18-20-26(21-19-25)37-28-15-7-8-16-29(28)39-30-17-9-12-24-34(30,37)2/h3-22,24,30H,23H2,1-2H3. The van der Waals surface area contributed by atoms with Gasteiger partial charge in [-0.3, -0.25) is 0 Å². The first kappa shape index (κ1) is 24.0. The number of para-hydroxylation sites is 2. The molecule has 3 unspecified atom stereocenters. The molecule has 1 aliphatic heterocycles. The van der Waals surface area contributed by atoms with Gasteiger partial charge >= 0.3 is 0 Å². The number of thioether (sulfide) groups is 1. The van der Waals surface area contributed by atoms with Crippen LogP contribution in [0.2, 0.25) is 0 Å². The Morgan fingerprint density at radius 1 is 0.795 bits per heavy atom. The third kappa shape index (κ3) is 4.00. The van der Waals surface area contributed by atoms with E-state index in [-0.39, 0.29) is 11.0 Å². The lowest BCUT2D eigenvalue weighted by Crippen LogP contribution is -2.52. The summed E-state index contributed by atoms with van der Waals surface area (Å²) in [5.74, 6) is 1.69. The molecular formula is C34H30N4S. The highest BCUT2D eigenvalue weighted by Crippen LogP contribution is 2.52. The molecule has 3 aromatic carbocycles. The van der Waals surface area contributed by atoms with Crippen LogP contribution in [0, 0.1) is 0 Å². The van der Waals surface area contributed by atoms with Crippen molar-refractivity contribution in [3.8, 4) is 17.1 Å². The van der Waals surface area contributed by atoms with Crippen molar-refractivity contribution >= 4 is 23.1 Å². The summed E-state index contributed by atoms with van der Waals surface area (Å²) < 4.78 is 2.01. The molecule has 0 saturated heterocycles. The predicted molar refractivity (Wildman–Crippen MR) is 162 cm³/mol. The van der Waals surface area contributed by atoms with Crippen molar-refractivity contribution in [1.29, 1.82) is 0 Å². The molecule has 39 heavy (non-hydrogen) atoms. The van der Waals surface area contributed by atoms with E-state index in [9.17, 15) is 0 Å². The van der Waals surface area contributed by atoms with Gasteiger partial charge in [-0.1, -0.05) is 78.9 Å². The zero-order valence-electron chi connectivity index (χ0n) is 22.1. The second kappa shape index (κ2) is 9.28. The second-order valence-corrected chi connectivity index (χ2v) is 12.0. The summed E-state index contributed by atoms with van der Waals surface area (Å²) in [6.07, 6.45) is 18.5. The lowest BCUT2D eigenvalue weighted by Gasteiger charge is -2.50. The summed E-state index contributed by atoms with van der Waals surface area (Å²) >= 11 is 1.94. The maximum Gasteiger partial charge on any atom is 0.181 e. The van der Waals surface area contributed by atoms with Crippen LogP contribution in [-0.4, -0.2) is 25.6 Å². The smallest absolute Gasteiger partial charge is 0.181 e. The summed E-state index contributed by atoms with van der Waals surface area (Å²) in [6.45, 7) is 4.56. The Morgan fingerprint density at radius 3 is 2.36 bits per heavy atom. The first-order chi connectivity index (χ1) is 19.1. The highest BCUT2D eigenvalue weighted by atomic mass is 32.2. The van der Waals surface area contributed by atoms with E-state index in [4.69, 9.17) is 10.1 Å². The predicted octanol–water partition coefficient (Wildman–Crippen LogP) is 8.21. The Balaban J connectivity index is 1.30. The molecule has 0 saturated carbocycles. The average Bonchev–Trinajstić information content (AvgIpc) is 3.44. The van der Waals surface area contributed by atoms with E-state index in [1.165, 1.54) is 10.6 Å². The number of allylic oxidation sites excluding steroid dienone is 6. The fraction of sp³-hybridized carbons (Fsp3) is 0.176. The van der Waals surface area contributed by atoms with Crippen molar-refractivity contribution in [2.75, 3.05) is 4.90 Å². The minimum Gasteiger partial charge on any atom is -0.330 e. The number of hydrogen-bond donors (Lipinski definition) is 0. The Labute approximate surface area is 234 Å². The molecule has 0 fully saturated rings. The number of benzene rings is 3. The molecule has 0 amide bonds. The Hall–Kier alpha value is -4.09. The summed E-state index contributed by atoms with van der Waals surface area (Å²) in [6, 6.07) is 27.8. The van der Waals surface area contributed by atoms with Crippen LogP contribution in [0.3, 0.4) is 0 Å². The van der Waals surface area contributed by atoms with E-state index in [2.05, 4.69) is 128 Å². The van der Waals surface area contributed by atoms with Gasteiger partial charge < -0.3 is 4.90 Å². The molecule has 0 N–H and O–H groups in total. The number of nitrogens with zero attached hydrogens (tertiary/aromatic N) is 4. The lowest BCUT2D eigenvalue weighted by atomic mass is 9.83. The van der Waals surface area contributed by atoms with E-state index < -0.39 is 0 Å². The van der Waals surface area contributed by atoms with Gasteiger partial charge in [0.2, 0.25) is 0 Å². The van der Waals surface area contributed by atoms with Crippen LogP contribution in [0.1, 0.15) is 26.1 Å². The largest absolute Gasteiger partial charge is 0.330 e. The van der Waals surface area contributed by atoms with Crippen LogP contribution in [0.4, 0.5) is 11.4 Å². The fourth-order valence-electron chi connectivity index (χ4n) is 5.83. The van der Waals surface area contributed by atoms with Crippen molar-refractivity contribution in [3.63, 3.8) is 0 Å². The zero-order chi connectivity index (χ0) is 26.5. The Bertz CT molecular complexity index is 1650. The number of fused-ring (bicyclic) bond motifs is 2. The van der Waals surface area contributed by atoms with E-state index in [0.717, 1.165) is 35.0 Å². The Morgan fingerprint density at radius 2 is 1.56 bits per heavy atom. The van der Waals surface area contributed by atoms with Gasteiger partial charge in [-0.05, 0) is 68.8 Å². The molecule has 4 nitrogen and oxygen atoms in total. The fourth-order valence-corrected chi connectivity index (χ4v) is 7.13. The van der Waals surface area contributed by atoms with Crippen LogP contribution < -0.4 is 4.90 Å². The van der Waals surface area contributed by atoms with Gasteiger partial charge in [-0.15, -0.1) is 16.9 Å². The molecule has 192 valence electrons. The van der Waals surface area contributed by atoms with Gasteiger partial charge in [-0.2, -0.15) is 0 Å². The van der Waals surface area contributed by atoms with Crippen LogP contribution in [0.5, 0.6) is 0 Å². The van der Waals surface area contributed by atoms with Gasteiger partial charge in [0.05, 0.1) is 22.2 Å². The van der Waals surface area contributed by atoms with E-state index in [1.807, 2.05) is 34.6 Å². The molecule has 2 heterocycles. The van der Waals surface area contributed by atoms with Crippen molar-refractivity contribution in [2.24, 2.45) is 0 Å². The maximum atomic E-state index is 5.14. The highest BCUT2D eigenvalue weighted by molar-refractivity contribution is 8.00. The van der Waals surface area contributed by atoms with Gasteiger partial charge in [-0.25, -0.2) is 9.67 Å². The molecule has 0 spiro atoms. The number of aromatic nitrogens is 3. The first-order valence-corrected chi connectivity index (χ1v) is 14.3. The van der Waals surface area contributed by atoms with Crippen LogP contribution >= 0.6 is 11.8 Å². The van der Waals surface area contributed by atoms with Crippen LogP contribution in [-0.2, 0) is 5.41 Å². The molecule has 2 aliphatic carbocycles. The summed E-state index contributed by atoms with van der Waals surface area (Å²) in [5, 5.41) is 5.37. The molecule has 4 aromatic rings. The second-order valence-electron chi connectivity index (χ2n) is 10.8. The molecule has 0 bridgehead atoms. The third-order valence-corrected chi connectivity index (χ3v) is 9.49. The van der Waals surface area contributed by atoms with Crippen molar-refractivity contribution < 1.29 is 0 Å². The third-order valence-electron chi connectivity index (χ3n) is 8.00. The molecule has 7 rings (SSSR count). The maximum absolute atomic E-state index is 5.14. The summed E-state index contributed by atoms with van der Waals surface area (Å²) in [5.41, 5.74) is 4.04. The van der Waals surface area contributed by atoms with Crippen LogP contribution in [0.25, 0.3) is 17.1 Å². The molecule has 1 aromatic heterocycles. The topological polar surface area (TPSA) is 34.0 Å². The van der Waals surface area contributed by atoms with E-state index >= 15 is 0 Å². The highest BCUT2D eigenvalue weighted by Gasteiger charge is 2.43.